The van der Waals surface area contributed by atoms with Gasteiger partial charge in [-0.05, 0) is 228 Å². The van der Waals surface area contributed by atoms with Gasteiger partial charge in [0.25, 0.3) is 0 Å². The van der Waals surface area contributed by atoms with E-state index in [1.807, 2.05) is 27.7 Å². The molecule has 15 nitrogen and oxygen atoms in total. The Bertz CT molecular complexity index is 2600. The van der Waals surface area contributed by atoms with Gasteiger partial charge in [0, 0.05) is 47.8 Å². The molecule has 2 saturated heterocycles. The molecule has 18 aliphatic rings. The van der Waals surface area contributed by atoms with Gasteiger partial charge in [-0.3, -0.25) is 19.2 Å². The van der Waals surface area contributed by atoms with E-state index in [1.165, 1.54) is 76.7 Å². The summed E-state index contributed by atoms with van der Waals surface area (Å²) >= 11 is 0. The third-order valence-corrected chi connectivity index (χ3v) is 25.5. The predicted molar refractivity (Wildman–Crippen MR) is 318 cm³/mol. The van der Waals surface area contributed by atoms with Gasteiger partial charge in [-0.25, -0.2) is 14.4 Å². The quantitative estimate of drug-likeness (QED) is 0.0976. The Kier molecular flexibility index (Phi) is 17.6. The van der Waals surface area contributed by atoms with Crippen LogP contribution < -0.4 is 0 Å². The maximum atomic E-state index is 12.6. The van der Waals surface area contributed by atoms with E-state index in [0.717, 1.165) is 107 Å². The number of esters is 7. The molecule has 0 aromatic rings. The van der Waals surface area contributed by atoms with Crippen molar-refractivity contribution in [2.45, 2.75) is 256 Å². The first kappa shape index (κ1) is 63.1. The number of hydrogen-bond donors (Lipinski definition) is 1. The van der Waals surface area contributed by atoms with Gasteiger partial charge < -0.3 is 38.3 Å². The lowest BCUT2D eigenvalue weighted by Gasteiger charge is -2.60. The van der Waals surface area contributed by atoms with E-state index in [2.05, 4.69) is 40.5 Å². The van der Waals surface area contributed by atoms with Gasteiger partial charge in [-0.2, -0.15) is 0 Å². The van der Waals surface area contributed by atoms with Gasteiger partial charge >= 0.3 is 41.8 Å². The topological polar surface area (TPSA) is 204 Å². The van der Waals surface area contributed by atoms with Crippen molar-refractivity contribution in [3.63, 3.8) is 0 Å². The number of fused-ring (bicyclic) bond motifs is 2. The van der Waals surface area contributed by atoms with Crippen molar-refractivity contribution in [2.24, 2.45) is 106 Å². The predicted octanol–water partition coefficient (Wildman–Crippen LogP) is 12.3. The summed E-state index contributed by atoms with van der Waals surface area (Å²) in [6.07, 6.45) is 27.6. The third-order valence-electron chi connectivity index (χ3n) is 25.5. The second kappa shape index (κ2) is 24.0. The van der Waals surface area contributed by atoms with Crippen LogP contribution in [0.3, 0.4) is 0 Å². The van der Waals surface area contributed by atoms with Crippen LogP contribution >= 0.6 is 0 Å². The maximum absolute atomic E-state index is 12.6. The molecule has 16 aliphatic carbocycles. The van der Waals surface area contributed by atoms with E-state index in [1.54, 1.807) is 6.92 Å². The first-order valence-electron chi connectivity index (χ1n) is 33.9. The van der Waals surface area contributed by atoms with Gasteiger partial charge in [0.05, 0.1) is 28.8 Å². The number of carbonyl (C=O) groups excluding carboxylic acids is 7. The number of rotatable bonds is 14. The Morgan fingerprint density at radius 1 is 0.605 bits per heavy atom. The molecule has 16 saturated carbocycles. The summed E-state index contributed by atoms with van der Waals surface area (Å²) in [4.78, 5) is 81.9. The Hall–Kier alpha value is -4.53. The SMILES string of the molecule is C=C(C)C(=O)OC1(CC)C2CC3CC(C2)CC1C3.C=CC(=O)OC12CC3CC(CC(O)(C3)C1)C2.C=CC(=O)OC1C2CC3C(=O)OC1C3C2.CCC(C)(C)C(=O)OC1(CC)C2CC3CC(C2)CC1C3.CCC(C)C(=O)OC1C2CC3C(=O)OC1C3C2. The highest BCUT2D eigenvalue weighted by Crippen LogP contribution is 2.64. The van der Waals surface area contributed by atoms with Crippen LogP contribution in [0.2, 0.25) is 0 Å². The standard InChI is InChI=1S/C18H30O2.C16H24O2.C13H18O4.C13H18O3.C11H12O4/c1-5-17(3,4)16(19)20-18(6-2)14-8-12-7-13(10-14)11-15(18)9-12;1-4-16(18-15(17)10(2)3)13-6-11-5-12(8-13)9-14(16)7-11;1-3-6(2)12(14)16-10-7-4-8-9(5-7)13(15)17-11(8)10;1-2-11(14)16-13-6-9-3-10(7-13)5-12(15,4-9)8-13;1-2-8(12)14-9-5-3-6-7(4-5)11(13)15-10(6)9/h12-15H,5-11H2,1-4H3;11-14H,2,4-9H2,1,3H3;6-11H,3-5H2,1-2H3;2,9-10,15H,1,3-8H2;2,5-7,9-10H,1,3-4H2. The Balaban J connectivity index is 0.000000112. The van der Waals surface area contributed by atoms with Crippen LogP contribution in [0.15, 0.2) is 37.5 Å². The molecule has 2 heterocycles. The summed E-state index contributed by atoms with van der Waals surface area (Å²) < 4.78 is 39.2. The molecule has 86 heavy (non-hydrogen) atoms. The van der Waals surface area contributed by atoms with Crippen LogP contribution in [0.4, 0.5) is 0 Å². The molecule has 15 heteroatoms. The molecule has 0 spiro atoms. The van der Waals surface area contributed by atoms with Crippen molar-refractivity contribution >= 4 is 41.8 Å². The van der Waals surface area contributed by atoms with Crippen molar-refractivity contribution in [3.05, 3.63) is 37.5 Å². The van der Waals surface area contributed by atoms with Gasteiger partial charge in [0.1, 0.15) is 41.2 Å². The minimum atomic E-state index is -0.564. The van der Waals surface area contributed by atoms with Gasteiger partial charge in [-0.1, -0.05) is 54.4 Å². The summed E-state index contributed by atoms with van der Waals surface area (Å²) in [5.41, 5.74) is -1.04. The fourth-order valence-electron chi connectivity index (χ4n) is 21.5. The number of hydrogen-bond acceptors (Lipinski definition) is 15. The molecule has 16 bridgehead atoms. The van der Waals surface area contributed by atoms with E-state index >= 15 is 0 Å². The molecule has 18 rings (SSSR count). The van der Waals surface area contributed by atoms with Crippen LogP contribution in [-0.2, 0) is 66.7 Å². The summed E-state index contributed by atoms with van der Waals surface area (Å²) in [6.45, 7) is 26.7. The molecule has 0 aromatic heterocycles. The monoisotopic (exact) mass is 1190 g/mol. The van der Waals surface area contributed by atoms with Crippen molar-refractivity contribution in [1.29, 1.82) is 0 Å². The average Bonchev–Trinajstić information content (AvgIpc) is 0.998. The zero-order chi connectivity index (χ0) is 61.6. The number of carbonyl (C=O) groups is 7. The molecule has 0 amide bonds. The van der Waals surface area contributed by atoms with E-state index in [9.17, 15) is 38.7 Å². The molecule has 13 unspecified atom stereocenters. The highest BCUT2D eigenvalue weighted by Gasteiger charge is 2.66. The van der Waals surface area contributed by atoms with Crippen LogP contribution in [-0.4, -0.2) is 93.7 Å². The summed E-state index contributed by atoms with van der Waals surface area (Å²) in [5, 5.41) is 10.4. The van der Waals surface area contributed by atoms with Gasteiger partial charge in [0.2, 0.25) is 0 Å². The summed E-state index contributed by atoms with van der Waals surface area (Å²) in [5.74, 6) is 7.36. The van der Waals surface area contributed by atoms with Crippen molar-refractivity contribution in [3.8, 4) is 0 Å². The fraction of sp³-hybridized carbons (Fsp3) is 0.817. The van der Waals surface area contributed by atoms with E-state index in [4.69, 9.17) is 33.2 Å². The maximum Gasteiger partial charge on any atom is 0.333 e. The first-order chi connectivity index (χ1) is 40.8. The van der Waals surface area contributed by atoms with E-state index in [0.29, 0.717) is 65.3 Å². The highest BCUT2D eigenvalue weighted by atomic mass is 16.6. The summed E-state index contributed by atoms with van der Waals surface area (Å²) in [7, 11) is 0. The molecule has 18 fully saturated rings. The zero-order valence-corrected chi connectivity index (χ0v) is 53.0. The molecule has 476 valence electrons. The largest absolute Gasteiger partial charge is 0.458 e. The Labute approximate surface area is 511 Å². The minimum absolute atomic E-state index is 0.0364. The molecule has 0 radical (unpaired) electrons. The van der Waals surface area contributed by atoms with Gasteiger partial charge in [0.15, 0.2) is 0 Å². The van der Waals surface area contributed by atoms with E-state index < -0.39 is 11.6 Å². The second-order valence-corrected chi connectivity index (χ2v) is 31.1. The molecule has 2 aliphatic heterocycles. The van der Waals surface area contributed by atoms with Crippen LogP contribution in [0.25, 0.3) is 0 Å². The fourth-order valence-corrected chi connectivity index (χ4v) is 21.5. The lowest BCUT2D eigenvalue weighted by atomic mass is 9.49. The Morgan fingerprint density at radius 2 is 1.03 bits per heavy atom. The first-order valence-corrected chi connectivity index (χ1v) is 33.9. The highest BCUT2D eigenvalue weighted by molar-refractivity contribution is 5.87. The molecular formula is C71H102O15. The summed E-state index contributed by atoms with van der Waals surface area (Å²) in [6, 6.07) is 0. The second-order valence-electron chi connectivity index (χ2n) is 31.1. The molecule has 13 atom stereocenters. The molecule has 1 N–H and O–H groups in total. The lowest BCUT2D eigenvalue weighted by Crippen LogP contribution is -2.60. The molecular weight excluding hydrogens is 1090 g/mol. The van der Waals surface area contributed by atoms with Gasteiger partial charge in [-0.15, -0.1) is 0 Å². The Morgan fingerprint density at radius 3 is 1.43 bits per heavy atom. The third kappa shape index (κ3) is 11.6. The number of ether oxygens (including phenoxy) is 7. The van der Waals surface area contributed by atoms with Crippen LogP contribution in [0.1, 0.15) is 209 Å². The van der Waals surface area contributed by atoms with Crippen molar-refractivity contribution < 1.29 is 71.8 Å². The van der Waals surface area contributed by atoms with E-state index in [-0.39, 0.29) is 106 Å². The smallest absolute Gasteiger partial charge is 0.333 e. The van der Waals surface area contributed by atoms with Crippen LogP contribution in [0.5, 0.6) is 0 Å². The van der Waals surface area contributed by atoms with Crippen molar-refractivity contribution in [2.75, 3.05) is 0 Å². The lowest BCUT2D eigenvalue weighted by molar-refractivity contribution is -0.218. The molecule has 0 aromatic carbocycles. The zero-order valence-electron chi connectivity index (χ0n) is 53.0. The minimum Gasteiger partial charge on any atom is -0.458 e. The normalized spacial score (nSPS) is 45.0. The van der Waals surface area contributed by atoms with Crippen LogP contribution in [0, 0.1) is 106 Å². The average molecular weight is 1200 g/mol. The number of aliphatic hydroxyl groups is 1. The van der Waals surface area contributed by atoms with Crippen molar-refractivity contribution in [1.82, 2.24) is 0 Å².